The van der Waals surface area contributed by atoms with E-state index in [1.807, 2.05) is 0 Å². The van der Waals surface area contributed by atoms with Crippen molar-refractivity contribution in [2.24, 2.45) is 0 Å². The predicted octanol–water partition coefficient (Wildman–Crippen LogP) is -3.16. The first-order valence-corrected chi connectivity index (χ1v) is 3.95. The lowest BCUT2D eigenvalue weighted by atomic mass is 9.89. The van der Waals surface area contributed by atoms with E-state index in [-0.39, 0.29) is 0 Å². The van der Waals surface area contributed by atoms with Crippen molar-refractivity contribution in [3.63, 3.8) is 0 Å². The molecule has 5 atom stereocenters. The number of aliphatic hydroxyl groups excluding tert-OH is 4. The van der Waals surface area contributed by atoms with Gasteiger partial charge in [-0.3, -0.25) is 0 Å². The Morgan fingerprint density at radius 3 is 2.08 bits per heavy atom. The molecule has 0 aromatic rings. The fourth-order valence-electron chi connectivity index (χ4n) is 1.27. The molecule has 0 saturated carbocycles. The smallest absolute Gasteiger partial charge is 0.183 e. The standard InChI is InChI=1S/C6H13BO5/c7-1-2-3(8)4(9)5(10)6(11)12-2/h2-6,8-11H,1,7H2/t2-,3+,4-,5-,6+/m0/s1. The highest BCUT2D eigenvalue weighted by atomic mass is 16.6. The summed E-state index contributed by atoms with van der Waals surface area (Å²) in [5.74, 6) is 0. The molecule has 6 heteroatoms. The van der Waals surface area contributed by atoms with Gasteiger partial charge in [-0.25, -0.2) is 0 Å². The summed E-state index contributed by atoms with van der Waals surface area (Å²) in [6.45, 7) is 0. The lowest BCUT2D eigenvalue weighted by molar-refractivity contribution is -0.277. The molecule has 1 aliphatic heterocycles. The molecule has 0 spiro atoms. The molecule has 1 heterocycles. The van der Waals surface area contributed by atoms with Gasteiger partial charge in [0.25, 0.3) is 0 Å². The van der Waals surface area contributed by atoms with E-state index in [1.54, 1.807) is 7.85 Å². The molecule has 0 aromatic carbocycles. The SMILES string of the molecule is BC[C@@H]1O[C@@H](O)[C@@H](O)[C@@H](O)[C@@H]1O. The molecule has 0 aliphatic carbocycles. The lowest BCUT2D eigenvalue weighted by Crippen LogP contribution is -2.57. The quantitative estimate of drug-likeness (QED) is 0.316. The van der Waals surface area contributed by atoms with E-state index < -0.39 is 30.7 Å². The van der Waals surface area contributed by atoms with E-state index in [1.165, 1.54) is 0 Å². The van der Waals surface area contributed by atoms with E-state index >= 15 is 0 Å². The van der Waals surface area contributed by atoms with E-state index in [0.717, 1.165) is 0 Å². The van der Waals surface area contributed by atoms with Crippen molar-refractivity contribution < 1.29 is 25.2 Å². The summed E-state index contributed by atoms with van der Waals surface area (Å²) in [4.78, 5) is 0. The van der Waals surface area contributed by atoms with Crippen LogP contribution in [-0.4, -0.2) is 59.0 Å². The van der Waals surface area contributed by atoms with Gasteiger partial charge in [0, 0.05) is 0 Å². The van der Waals surface area contributed by atoms with Crippen LogP contribution in [0.25, 0.3) is 0 Å². The molecule has 0 bridgehead atoms. The van der Waals surface area contributed by atoms with E-state index in [9.17, 15) is 10.2 Å². The maximum atomic E-state index is 9.28. The molecule has 0 aromatic heterocycles. The summed E-state index contributed by atoms with van der Waals surface area (Å²) in [6.07, 6.45) is -5.44. The Kier molecular flexibility index (Phi) is 3.08. The molecule has 1 aliphatic rings. The summed E-state index contributed by atoms with van der Waals surface area (Å²) in [5, 5.41) is 36.5. The maximum absolute atomic E-state index is 9.28. The Morgan fingerprint density at radius 1 is 1.00 bits per heavy atom. The predicted molar refractivity (Wildman–Crippen MR) is 42.3 cm³/mol. The first-order chi connectivity index (χ1) is 5.57. The van der Waals surface area contributed by atoms with Crippen molar-refractivity contribution in [2.75, 3.05) is 0 Å². The second kappa shape index (κ2) is 3.72. The molecule has 0 amide bonds. The van der Waals surface area contributed by atoms with Gasteiger partial charge in [0.05, 0.1) is 6.10 Å². The monoisotopic (exact) mass is 176 g/mol. The van der Waals surface area contributed by atoms with Crippen molar-refractivity contribution in [3.8, 4) is 0 Å². The highest BCUT2D eigenvalue weighted by Gasteiger charge is 2.41. The fraction of sp³-hybridized carbons (Fsp3) is 1.00. The van der Waals surface area contributed by atoms with Gasteiger partial charge in [0.2, 0.25) is 0 Å². The first-order valence-electron chi connectivity index (χ1n) is 3.95. The van der Waals surface area contributed by atoms with Gasteiger partial charge in [-0.2, -0.15) is 0 Å². The van der Waals surface area contributed by atoms with Crippen molar-refractivity contribution >= 4 is 7.85 Å². The normalized spacial score (nSPS) is 49.2. The second-order valence-corrected chi connectivity index (χ2v) is 2.95. The molecule has 70 valence electrons. The van der Waals surface area contributed by atoms with E-state index in [0.29, 0.717) is 6.32 Å². The van der Waals surface area contributed by atoms with Crippen LogP contribution in [0.3, 0.4) is 0 Å². The number of ether oxygens (including phenoxy) is 1. The summed E-state index contributed by atoms with van der Waals surface area (Å²) in [5.41, 5.74) is 0. The Bertz CT molecular complexity index is 150. The minimum atomic E-state index is -1.43. The summed E-state index contributed by atoms with van der Waals surface area (Å²) >= 11 is 0. The maximum Gasteiger partial charge on any atom is 0.183 e. The minimum absolute atomic E-state index is 0.474. The van der Waals surface area contributed by atoms with Crippen molar-refractivity contribution in [3.05, 3.63) is 0 Å². The van der Waals surface area contributed by atoms with Crippen molar-refractivity contribution in [1.82, 2.24) is 0 Å². The topological polar surface area (TPSA) is 90.2 Å². The third-order valence-electron chi connectivity index (χ3n) is 2.09. The highest BCUT2D eigenvalue weighted by Crippen LogP contribution is 2.21. The molecular weight excluding hydrogens is 163 g/mol. The van der Waals surface area contributed by atoms with Crippen LogP contribution >= 0.6 is 0 Å². The summed E-state index contributed by atoms with van der Waals surface area (Å²) in [6, 6.07) is 0. The van der Waals surface area contributed by atoms with Crippen molar-refractivity contribution in [2.45, 2.75) is 37.0 Å². The third kappa shape index (κ3) is 1.62. The zero-order valence-electron chi connectivity index (χ0n) is 6.79. The van der Waals surface area contributed by atoms with Crippen LogP contribution in [0.2, 0.25) is 6.32 Å². The van der Waals surface area contributed by atoms with Crippen LogP contribution in [-0.2, 0) is 4.74 Å². The molecule has 1 fully saturated rings. The zero-order valence-corrected chi connectivity index (χ0v) is 6.79. The lowest BCUT2D eigenvalue weighted by Gasteiger charge is -2.37. The van der Waals surface area contributed by atoms with Gasteiger partial charge >= 0.3 is 0 Å². The Hall–Kier alpha value is -0.135. The molecule has 12 heavy (non-hydrogen) atoms. The van der Waals surface area contributed by atoms with Gasteiger partial charge in [0.15, 0.2) is 6.29 Å². The van der Waals surface area contributed by atoms with Crippen LogP contribution in [0.1, 0.15) is 0 Å². The van der Waals surface area contributed by atoms with Gasteiger partial charge in [-0.05, 0) is 0 Å². The Morgan fingerprint density at radius 2 is 1.58 bits per heavy atom. The van der Waals surface area contributed by atoms with Gasteiger partial charge < -0.3 is 25.2 Å². The minimum Gasteiger partial charge on any atom is -0.388 e. The van der Waals surface area contributed by atoms with Crippen LogP contribution in [0, 0.1) is 0 Å². The van der Waals surface area contributed by atoms with Crippen molar-refractivity contribution in [1.29, 1.82) is 0 Å². The van der Waals surface area contributed by atoms with Crippen LogP contribution in [0.4, 0.5) is 0 Å². The largest absolute Gasteiger partial charge is 0.388 e. The zero-order chi connectivity index (χ0) is 9.30. The third-order valence-corrected chi connectivity index (χ3v) is 2.09. The fourth-order valence-corrected chi connectivity index (χ4v) is 1.27. The molecular formula is C6H13BO5. The summed E-state index contributed by atoms with van der Waals surface area (Å²) < 4.78 is 4.83. The van der Waals surface area contributed by atoms with Crippen LogP contribution in [0.15, 0.2) is 0 Å². The molecule has 4 N–H and O–H groups in total. The Balaban J connectivity index is 2.63. The van der Waals surface area contributed by atoms with Crippen LogP contribution in [0.5, 0.6) is 0 Å². The molecule has 1 rings (SSSR count). The number of hydrogen-bond acceptors (Lipinski definition) is 5. The molecule has 0 radical (unpaired) electrons. The van der Waals surface area contributed by atoms with Gasteiger partial charge in [-0.1, -0.05) is 6.32 Å². The van der Waals surface area contributed by atoms with Gasteiger partial charge in [0.1, 0.15) is 26.2 Å². The number of hydrogen-bond donors (Lipinski definition) is 4. The number of rotatable bonds is 1. The van der Waals surface area contributed by atoms with Gasteiger partial charge in [-0.15, -0.1) is 0 Å². The van der Waals surface area contributed by atoms with Crippen LogP contribution < -0.4 is 0 Å². The average molecular weight is 176 g/mol. The first kappa shape index (κ1) is 9.95. The Labute approximate surface area is 71.0 Å². The average Bonchev–Trinajstić information content (AvgIpc) is 2.08. The summed E-state index contributed by atoms with van der Waals surface area (Å²) in [7, 11) is 1.75. The second-order valence-electron chi connectivity index (χ2n) is 2.95. The number of aliphatic hydroxyl groups is 4. The molecule has 1 saturated heterocycles. The highest BCUT2D eigenvalue weighted by molar-refractivity contribution is 6.08. The molecule has 0 unspecified atom stereocenters. The molecule has 5 nitrogen and oxygen atoms in total. The van der Waals surface area contributed by atoms with E-state index in [4.69, 9.17) is 14.9 Å². The van der Waals surface area contributed by atoms with E-state index in [2.05, 4.69) is 0 Å².